The Balaban J connectivity index is 2.09. The molecule has 1 aromatic heterocycles. The number of hydrogen-bond donors (Lipinski definition) is 1. The summed E-state index contributed by atoms with van der Waals surface area (Å²) < 4.78 is 6.00. The van der Waals surface area contributed by atoms with E-state index in [2.05, 4.69) is 17.2 Å². The third-order valence-electron chi connectivity index (χ3n) is 3.52. The molecule has 5 heteroatoms. The van der Waals surface area contributed by atoms with Crippen molar-refractivity contribution in [1.29, 1.82) is 0 Å². The Morgan fingerprint density at radius 1 is 1.20 bits per heavy atom. The van der Waals surface area contributed by atoms with Crippen molar-refractivity contribution in [3.63, 3.8) is 0 Å². The van der Waals surface area contributed by atoms with E-state index < -0.39 is 0 Å². The van der Waals surface area contributed by atoms with Crippen molar-refractivity contribution in [3.05, 3.63) is 16.1 Å². The molecule has 1 aliphatic rings. The second kappa shape index (κ2) is 7.94. The summed E-state index contributed by atoms with van der Waals surface area (Å²) in [5.74, 6) is 1.16. The molecule has 0 amide bonds. The van der Waals surface area contributed by atoms with E-state index in [-0.39, 0.29) is 6.10 Å². The molecule has 1 heterocycles. The van der Waals surface area contributed by atoms with E-state index in [1.54, 1.807) is 6.07 Å². The first-order valence-corrected chi connectivity index (χ1v) is 8.23. The summed E-state index contributed by atoms with van der Waals surface area (Å²) in [5, 5.41) is 4.22. The minimum Gasteiger partial charge on any atom is -0.473 e. The standard InChI is InChI=1S/C15H22Cl2N2O/c1-2-9-18-14-12(16)10-13(17)15(19-14)20-11-7-5-3-4-6-8-11/h10-11H,2-9H2,1H3,(H,18,19). The number of anilines is 1. The monoisotopic (exact) mass is 316 g/mol. The van der Waals surface area contributed by atoms with Gasteiger partial charge in [0.25, 0.3) is 0 Å². The van der Waals surface area contributed by atoms with Crippen LogP contribution >= 0.6 is 23.2 Å². The Labute approximate surface area is 131 Å². The normalized spacial score (nSPS) is 16.8. The molecule has 20 heavy (non-hydrogen) atoms. The van der Waals surface area contributed by atoms with Crippen molar-refractivity contribution in [3.8, 4) is 5.88 Å². The highest BCUT2D eigenvalue weighted by molar-refractivity contribution is 6.36. The second-order valence-electron chi connectivity index (χ2n) is 5.26. The van der Waals surface area contributed by atoms with Gasteiger partial charge in [-0.1, -0.05) is 43.0 Å². The van der Waals surface area contributed by atoms with E-state index >= 15 is 0 Å². The van der Waals surface area contributed by atoms with Gasteiger partial charge in [0, 0.05) is 6.54 Å². The molecule has 1 N–H and O–H groups in total. The van der Waals surface area contributed by atoms with Crippen LogP contribution in [0.25, 0.3) is 0 Å². The van der Waals surface area contributed by atoms with Gasteiger partial charge in [-0.2, -0.15) is 4.98 Å². The van der Waals surface area contributed by atoms with Crippen molar-refractivity contribution in [2.75, 3.05) is 11.9 Å². The number of pyridine rings is 1. The van der Waals surface area contributed by atoms with Crippen LogP contribution in [0.1, 0.15) is 51.9 Å². The average Bonchev–Trinajstić information content (AvgIpc) is 2.69. The Morgan fingerprint density at radius 3 is 2.55 bits per heavy atom. The van der Waals surface area contributed by atoms with E-state index in [4.69, 9.17) is 27.9 Å². The summed E-state index contributed by atoms with van der Waals surface area (Å²) in [5.41, 5.74) is 0. The molecule has 112 valence electrons. The van der Waals surface area contributed by atoms with Crippen molar-refractivity contribution in [2.24, 2.45) is 0 Å². The van der Waals surface area contributed by atoms with Gasteiger partial charge >= 0.3 is 0 Å². The van der Waals surface area contributed by atoms with E-state index in [1.807, 2.05) is 0 Å². The molecule has 2 rings (SSSR count). The zero-order valence-electron chi connectivity index (χ0n) is 11.9. The lowest BCUT2D eigenvalue weighted by Gasteiger charge is -2.18. The van der Waals surface area contributed by atoms with Crippen LogP contribution in [0, 0.1) is 0 Å². The van der Waals surface area contributed by atoms with Crippen LogP contribution in [0.5, 0.6) is 5.88 Å². The molecule has 0 spiro atoms. The molecule has 0 bridgehead atoms. The van der Waals surface area contributed by atoms with Crippen molar-refractivity contribution in [2.45, 2.75) is 58.0 Å². The van der Waals surface area contributed by atoms with Crippen molar-refractivity contribution >= 4 is 29.0 Å². The number of halogens is 2. The molecular weight excluding hydrogens is 295 g/mol. The molecule has 0 atom stereocenters. The van der Waals surface area contributed by atoms with Crippen molar-refractivity contribution in [1.82, 2.24) is 4.98 Å². The Kier molecular flexibility index (Phi) is 6.24. The van der Waals surface area contributed by atoms with Gasteiger partial charge in [-0.15, -0.1) is 0 Å². The van der Waals surface area contributed by atoms with Crippen LogP contribution in [0.15, 0.2) is 6.07 Å². The Bertz CT molecular complexity index is 432. The van der Waals surface area contributed by atoms with E-state index in [0.29, 0.717) is 21.7 Å². The molecule has 0 radical (unpaired) electrons. The summed E-state index contributed by atoms with van der Waals surface area (Å²) in [4.78, 5) is 4.44. The largest absolute Gasteiger partial charge is 0.473 e. The van der Waals surface area contributed by atoms with Crippen LogP contribution in [0.3, 0.4) is 0 Å². The summed E-state index contributed by atoms with van der Waals surface area (Å²) in [6.45, 7) is 2.93. The first-order chi connectivity index (χ1) is 9.70. The summed E-state index contributed by atoms with van der Waals surface area (Å²) in [6, 6.07) is 1.71. The Hall–Kier alpha value is -0.670. The van der Waals surface area contributed by atoms with Crippen LogP contribution in [-0.2, 0) is 0 Å². The smallest absolute Gasteiger partial charge is 0.234 e. The minimum absolute atomic E-state index is 0.225. The lowest BCUT2D eigenvalue weighted by molar-refractivity contribution is 0.176. The number of rotatable bonds is 5. The predicted octanol–water partition coefficient (Wildman–Crippen LogP) is 5.31. The van der Waals surface area contributed by atoms with Crippen LogP contribution in [0.4, 0.5) is 5.82 Å². The lowest BCUT2D eigenvalue weighted by atomic mass is 10.1. The van der Waals surface area contributed by atoms with Gasteiger partial charge < -0.3 is 10.1 Å². The van der Waals surface area contributed by atoms with Gasteiger partial charge in [0.2, 0.25) is 5.88 Å². The zero-order valence-corrected chi connectivity index (χ0v) is 13.4. The molecule has 1 aliphatic carbocycles. The maximum absolute atomic E-state index is 6.20. The molecule has 0 aliphatic heterocycles. The molecule has 3 nitrogen and oxygen atoms in total. The fraction of sp³-hybridized carbons (Fsp3) is 0.667. The fourth-order valence-electron chi connectivity index (χ4n) is 2.42. The minimum atomic E-state index is 0.225. The van der Waals surface area contributed by atoms with Crippen LogP contribution < -0.4 is 10.1 Å². The highest BCUT2D eigenvalue weighted by Crippen LogP contribution is 2.32. The van der Waals surface area contributed by atoms with Gasteiger partial charge in [-0.05, 0) is 38.2 Å². The summed E-state index contributed by atoms with van der Waals surface area (Å²) in [6.07, 6.45) is 8.43. The van der Waals surface area contributed by atoms with Crippen LogP contribution in [-0.4, -0.2) is 17.6 Å². The van der Waals surface area contributed by atoms with Gasteiger partial charge in [0.05, 0.1) is 5.02 Å². The maximum atomic E-state index is 6.20. The first kappa shape index (κ1) is 15.7. The van der Waals surface area contributed by atoms with Gasteiger partial charge in [0.1, 0.15) is 16.9 Å². The van der Waals surface area contributed by atoms with Gasteiger partial charge in [0.15, 0.2) is 0 Å². The number of ether oxygens (including phenoxy) is 1. The van der Waals surface area contributed by atoms with Gasteiger partial charge in [-0.25, -0.2) is 0 Å². The van der Waals surface area contributed by atoms with Crippen LogP contribution in [0.2, 0.25) is 10.0 Å². The SMILES string of the molecule is CCCNc1nc(OC2CCCCCC2)c(Cl)cc1Cl. The predicted molar refractivity (Wildman–Crippen MR) is 85.2 cm³/mol. The number of hydrogen-bond acceptors (Lipinski definition) is 3. The molecule has 1 fully saturated rings. The van der Waals surface area contributed by atoms with E-state index in [0.717, 1.165) is 25.8 Å². The highest BCUT2D eigenvalue weighted by Gasteiger charge is 2.17. The Morgan fingerprint density at radius 2 is 1.90 bits per heavy atom. The molecule has 0 aromatic carbocycles. The fourth-order valence-corrected chi connectivity index (χ4v) is 2.89. The number of nitrogens with one attached hydrogen (secondary N) is 1. The number of nitrogens with zero attached hydrogens (tertiary/aromatic N) is 1. The van der Waals surface area contributed by atoms with Crippen molar-refractivity contribution < 1.29 is 4.74 Å². The lowest BCUT2D eigenvalue weighted by Crippen LogP contribution is -2.16. The molecule has 1 saturated carbocycles. The third-order valence-corrected chi connectivity index (χ3v) is 4.08. The molecule has 0 unspecified atom stereocenters. The quantitative estimate of drug-likeness (QED) is 0.747. The van der Waals surface area contributed by atoms with Gasteiger partial charge in [-0.3, -0.25) is 0 Å². The average molecular weight is 317 g/mol. The number of aromatic nitrogens is 1. The maximum Gasteiger partial charge on any atom is 0.234 e. The topological polar surface area (TPSA) is 34.2 Å². The van der Waals surface area contributed by atoms with E-state index in [1.165, 1.54) is 25.7 Å². The second-order valence-corrected chi connectivity index (χ2v) is 6.08. The molecular formula is C15H22Cl2N2O. The van der Waals surface area contributed by atoms with E-state index in [9.17, 15) is 0 Å². The summed E-state index contributed by atoms with van der Waals surface area (Å²) >= 11 is 12.3. The third kappa shape index (κ3) is 4.42. The zero-order chi connectivity index (χ0) is 14.4. The molecule has 0 saturated heterocycles. The first-order valence-electron chi connectivity index (χ1n) is 7.47. The molecule has 1 aromatic rings. The highest BCUT2D eigenvalue weighted by atomic mass is 35.5. The summed E-state index contributed by atoms with van der Waals surface area (Å²) in [7, 11) is 0.